The summed E-state index contributed by atoms with van der Waals surface area (Å²) in [4.78, 5) is 31.0. The summed E-state index contributed by atoms with van der Waals surface area (Å²) < 4.78 is 5.47. The number of hydrogen-bond donors (Lipinski definition) is 2. The number of piperazine rings is 1. The van der Waals surface area contributed by atoms with E-state index in [2.05, 4.69) is 20.3 Å². The van der Waals surface area contributed by atoms with Crippen molar-refractivity contribution in [1.29, 1.82) is 0 Å². The largest absolute Gasteiger partial charge is 0.494 e. The number of anilines is 1. The SMILES string of the molecule is COc1cncc2nc(-c3ccncc3)nc(N3CCNC(C(=O)O)C3)c12. The number of hydrogen-bond acceptors (Lipinski definition) is 8. The Morgan fingerprint density at radius 1 is 1.26 bits per heavy atom. The third-order valence-electron chi connectivity index (χ3n) is 4.48. The minimum Gasteiger partial charge on any atom is -0.494 e. The molecule has 4 heterocycles. The number of aliphatic carboxylic acids is 1. The van der Waals surface area contributed by atoms with E-state index in [0.717, 1.165) is 10.9 Å². The molecule has 0 aliphatic carbocycles. The maximum absolute atomic E-state index is 11.4. The lowest BCUT2D eigenvalue weighted by Crippen LogP contribution is -2.54. The van der Waals surface area contributed by atoms with Gasteiger partial charge in [-0.15, -0.1) is 0 Å². The quantitative estimate of drug-likeness (QED) is 0.697. The molecule has 4 rings (SSSR count). The van der Waals surface area contributed by atoms with Gasteiger partial charge in [0.2, 0.25) is 0 Å². The van der Waals surface area contributed by atoms with Gasteiger partial charge in [0.15, 0.2) is 5.82 Å². The number of pyridine rings is 2. The zero-order valence-electron chi connectivity index (χ0n) is 14.7. The van der Waals surface area contributed by atoms with E-state index in [-0.39, 0.29) is 0 Å². The Morgan fingerprint density at radius 3 is 2.81 bits per heavy atom. The minimum absolute atomic E-state index is 0.294. The summed E-state index contributed by atoms with van der Waals surface area (Å²) in [5, 5.41) is 13.1. The molecule has 3 aromatic rings. The summed E-state index contributed by atoms with van der Waals surface area (Å²) in [5.74, 6) is 0.828. The number of nitrogens with zero attached hydrogens (tertiary/aromatic N) is 5. The third-order valence-corrected chi connectivity index (χ3v) is 4.48. The normalized spacial score (nSPS) is 17.1. The number of carbonyl (C=O) groups is 1. The predicted octanol–water partition coefficient (Wildman–Crippen LogP) is 0.958. The number of nitrogens with one attached hydrogen (secondary N) is 1. The number of fused-ring (bicyclic) bond motifs is 1. The fraction of sp³-hybridized carbons (Fsp3) is 0.278. The molecule has 0 aromatic carbocycles. The molecule has 0 saturated carbocycles. The van der Waals surface area contributed by atoms with E-state index in [4.69, 9.17) is 9.72 Å². The van der Waals surface area contributed by atoms with E-state index >= 15 is 0 Å². The second kappa shape index (κ2) is 7.12. The molecule has 1 saturated heterocycles. The fourth-order valence-electron chi connectivity index (χ4n) is 3.16. The van der Waals surface area contributed by atoms with Gasteiger partial charge in [-0.05, 0) is 12.1 Å². The lowest BCUT2D eigenvalue weighted by molar-refractivity contribution is -0.139. The van der Waals surface area contributed by atoms with Gasteiger partial charge in [-0.3, -0.25) is 14.8 Å². The van der Waals surface area contributed by atoms with E-state index in [0.29, 0.717) is 42.5 Å². The van der Waals surface area contributed by atoms with Crippen molar-refractivity contribution in [3.05, 3.63) is 36.9 Å². The predicted molar refractivity (Wildman–Crippen MR) is 98.8 cm³/mol. The Kier molecular flexibility index (Phi) is 4.51. The van der Waals surface area contributed by atoms with Gasteiger partial charge in [-0.1, -0.05) is 0 Å². The first-order valence-electron chi connectivity index (χ1n) is 8.48. The van der Waals surface area contributed by atoms with Crippen LogP contribution in [-0.2, 0) is 4.79 Å². The molecule has 1 unspecified atom stereocenters. The van der Waals surface area contributed by atoms with Crippen molar-refractivity contribution in [1.82, 2.24) is 25.3 Å². The molecule has 2 N–H and O–H groups in total. The zero-order valence-corrected chi connectivity index (χ0v) is 14.7. The average molecular weight is 366 g/mol. The molecule has 1 fully saturated rings. The Hall–Kier alpha value is -3.33. The number of rotatable bonds is 4. The van der Waals surface area contributed by atoms with Crippen LogP contribution in [0.2, 0.25) is 0 Å². The molecule has 0 amide bonds. The molecule has 0 spiro atoms. The highest BCUT2D eigenvalue weighted by molar-refractivity contribution is 5.95. The number of aromatic nitrogens is 4. The highest BCUT2D eigenvalue weighted by atomic mass is 16.5. The van der Waals surface area contributed by atoms with Crippen LogP contribution in [0.5, 0.6) is 5.75 Å². The Bertz CT molecular complexity index is 981. The molecule has 0 radical (unpaired) electrons. The molecule has 0 bridgehead atoms. The van der Waals surface area contributed by atoms with Crippen LogP contribution in [-0.4, -0.2) is 63.8 Å². The fourth-order valence-corrected chi connectivity index (χ4v) is 3.16. The molecule has 138 valence electrons. The van der Waals surface area contributed by atoms with Gasteiger partial charge in [0.1, 0.15) is 17.6 Å². The van der Waals surface area contributed by atoms with Crippen LogP contribution in [0.4, 0.5) is 5.82 Å². The second-order valence-corrected chi connectivity index (χ2v) is 6.13. The van der Waals surface area contributed by atoms with Crippen LogP contribution in [0.15, 0.2) is 36.9 Å². The average Bonchev–Trinajstić information content (AvgIpc) is 2.73. The Labute approximate surface area is 155 Å². The topological polar surface area (TPSA) is 113 Å². The van der Waals surface area contributed by atoms with Crippen molar-refractivity contribution in [3.63, 3.8) is 0 Å². The summed E-state index contributed by atoms with van der Waals surface area (Å²) in [6.45, 7) is 1.46. The maximum atomic E-state index is 11.4. The van der Waals surface area contributed by atoms with E-state index in [1.54, 1.807) is 31.9 Å². The standard InChI is InChI=1S/C18H18N6O3/c1-27-14-9-20-8-12-15(14)17(24-7-6-21-13(10-24)18(25)26)23-16(22-12)11-2-4-19-5-3-11/h2-5,8-9,13,21H,6-7,10H2,1H3,(H,25,26). The van der Waals surface area contributed by atoms with Crippen molar-refractivity contribution in [3.8, 4) is 17.1 Å². The number of methoxy groups -OCH3 is 1. The minimum atomic E-state index is -0.888. The van der Waals surface area contributed by atoms with Gasteiger partial charge in [-0.2, -0.15) is 0 Å². The van der Waals surface area contributed by atoms with Crippen molar-refractivity contribution in [2.24, 2.45) is 0 Å². The van der Waals surface area contributed by atoms with E-state index in [1.807, 2.05) is 17.0 Å². The molecule has 1 atom stereocenters. The van der Waals surface area contributed by atoms with Crippen LogP contribution in [0.25, 0.3) is 22.3 Å². The van der Waals surface area contributed by atoms with Gasteiger partial charge in [0, 0.05) is 37.6 Å². The molecule has 9 heteroatoms. The van der Waals surface area contributed by atoms with Crippen LogP contribution >= 0.6 is 0 Å². The van der Waals surface area contributed by atoms with E-state index in [9.17, 15) is 9.90 Å². The lowest BCUT2D eigenvalue weighted by atomic mass is 10.1. The highest BCUT2D eigenvalue weighted by Gasteiger charge is 2.28. The number of carboxylic acid groups (broad SMARTS) is 1. The Balaban J connectivity index is 1.89. The molecule has 27 heavy (non-hydrogen) atoms. The smallest absolute Gasteiger partial charge is 0.322 e. The first-order valence-corrected chi connectivity index (χ1v) is 8.48. The second-order valence-electron chi connectivity index (χ2n) is 6.13. The Morgan fingerprint density at radius 2 is 2.07 bits per heavy atom. The van der Waals surface area contributed by atoms with E-state index in [1.165, 1.54) is 0 Å². The monoisotopic (exact) mass is 366 g/mol. The molecule has 9 nitrogen and oxygen atoms in total. The summed E-state index contributed by atoms with van der Waals surface area (Å²) in [6.07, 6.45) is 6.62. The van der Waals surface area contributed by atoms with Gasteiger partial charge >= 0.3 is 5.97 Å². The summed E-state index contributed by atoms with van der Waals surface area (Å²) in [7, 11) is 1.56. The highest BCUT2D eigenvalue weighted by Crippen LogP contribution is 2.33. The van der Waals surface area contributed by atoms with Crippen molar-refractivity contribution < 1.29 is 14.6 Å². The van der Waals surface area contributed by atoms with Gasteiger partial charge in [-0.25, -0.2) is 9.97 Å². The molecule has 3 aromatic heterocycles. The van der Waals surface area contributed by atoms with Crippen LogP contribution in [0, 0.1) is 0 Å². The summed E-state index contributed by atoms with van der Waals surface area (Å²) in [5.41, 5.74) is 1.46. The van der Waals surface area contributed by atoms with Crippen molar-refractivity contribution >= 4 is 22.7 Å². The van der Waals surface area contributed by atoms with Gasteiger partial charge in [0.05, 0.1) is 30.4 Å². The zero-order chi connectivity index (χ0) is 18.8. The van der Waals surface area contributed by atoms with Gasteiger partial charge in [0.25, 0.3) is 0 Å². The molecular formula is C18H18N6O3. The summed E-state index contributed by atoms with van der Waals surface area (Å²) in [6, 6.07) is 2.99. The first kappa shape index (κ1) is 17.1. The van der Waals surface area contributed by atoms with Crippen LogP contribution < -0.4 is 15.0 Å². The van der Waals surface area contributed by atoms with Crippen molar-refractivity contribution in [2.45, 2.75) is 6.04 Å². The maximum Gasteiger partial charge on any atom is 0.322 e. The van der Waals surface area contributed by atoms with Crippen LogP contribution in [0.3, 0.4) is 0 Å². The first-order chi connectivity index (χ1) is 13.2. The third kappa shape index (κ3) is 3.24. The van der Waals surface area contributed by atoms with E-state index < -0.39 is 12.0 Å². The van der Waals surface area contributed by atoms with Crippen LogP contribution in [0.1, 0.15) is 0 Å². The summed E-state index contributed by atoms with van der Waals surface area (Å²) >= 11 is 0. The molecule has 1 aliphatic rings. The number of ether oxygens (including phenoxy) is 1. The number of carboxylic acids is 1. The van der Waals surface area contributed by atoms with Gasteiger partial charge < -0.3 is 20.1 Å². The molecular weight excluding hydrogens is 348 g/mol. The van der Waals surface area contributed by atoms with Crippen molar-refractivity contribution in [2.75, 3.05) is 31.6 Å². The molecule has 1 aliphatic heterocycles. The lowest BCUT2D eigenvalue weighted by Gasteiger charge is -2.33.